The molecule has 192 valence electrons. The van der Waals surface area contributed by atoms with Crippen LogP contribution in [0.2, 0.25) is 0 Å². The van der Waals surface area contributed by atoms with Crippen LogP contribution in [0.25, 0.3) is 22.0 Å². The van der Waals surface area contributed by atoms with Gasteiger partial charge in [0.1, 0.15) is 11.6 Å². The van der Waals surface area contributed by atoms with E-state index in [0.29, 0.717) is 44.4 Å². The molecule has 8 heteroatoms. The standard InChI is InChI=1S/C30H23F4N3O/c1-17-9-18(11-22(32)10-17)12-28(30-23(3-2-8-35-30)19-4-6-25(33)26(34)13-19)37-29(38)14-20-16-36-27-7-5-21(31)15-24(20)27/h2-11,13,15-16,28,36H,12,14H2,1H3,(H,37,38)/t28-/m0/s1. The zero-order valence-corrected chi connectivity index (χ0v) is 20.4. The Bertz CT molecular complexity index is 1630. The molecule has 5 rings (SSSR count). The van der Waals surface area contributed by atoms with Crippen LogP contribution in [0.4, 0.5) is 17.6 Å². The molecule has 0 spiro atoms. The average molecular weight is 518 g/mol. The van der Waals surface area contributed by atoms with E-state index in [1.165, 1.54) is 36.5 Å². The number of carbonyl (C=O) groups is 1. The molecule has 3 aromatic carbocycles. The Morgan fingerprint density at radius 2 is 1.79 bits per heavy atom. The summed E-state index contributed by atoms with van der Waals surface area (Å²) in [6.07, 6.45) is 3.34. The number of carbonyl (C=O) groups excluding carboxylic acids is 1. The lowest BCUT2D eigenvalue weighted by molar-refractivity contribution is -0.121. The molecule has 2 aromatic heterocycles. The summed E-state index contributed by atoms with van der Waals surface area (Å²) in [6.45, 7) is 1.77. The number of nitrogens with one attached hydrogen (secondary N) is 2. The third-order valence-electron chi connectivity index (χ3n) is 6.36. The molecule has 0 bridgehead atoms. The van der Waals surface area contributed by atoms with Crippen LogP contribution in [0.1, 0.15) is 28.4 Å². The molecule has 1 atom stereocenters. The summed E-state index contributed by atoms with van der Waals surface area (Å²) in [7, 11) is 0. The van der Waals surface area contributed by atoms with Crippen LogP contribution in [0.5, 0.6) is 0 Å². The number of halogens is 4. The molecule has 0 fully saturated rings. The summed E-state index contributed by atoms with van der Waals surface area (Å²) >= 11 is 0. The Morgan fingerprint density at radius 1 is 0.947 bits per heavy atom. The minimum atomic E-state index is -1.01. The zero-order valence-electron chi connectivity index (χ0n) is 20.4. The van der Waals surface area contributed by atoms with E-state index in [0.717, 1.165) is 12.1 Å². The number of amides is 1. The monoisotopic (exact) mass is 517 g/mol. The fraction of sp³-hybridized carbons (Fsp3) is 0.133. The molecule has 2 N–H and O–H groups in total. The van der Waals surface area contributed by atoms with Crippen molar-refractivity contribution in [3.05, 3.63) is 125 Å². The van der Waals surface area contributed by atoms with E-state index in [-0.39, 0.29) is 18.7 Å². The van der Waals surface area contributed by atoms with Crippen LogP contribution >= 0.6 is 0 Å². The van der Waals surface area contributed by atoms with Gasteiger partial charge < -0.3 is 10.3 Å². The Labute approximate surface area is 216 Å². The first-order valence-corrected chi connectivity index (χ1v) is 12.0. The summed E-state index contributed by atoms with van der Waals surface area (Å²) < 4.78 is 55.7. The van der Waals surface area contributed by atoms with Crippen molar-refractivity contribution in [1.82, 2.24) is 15.3 Å². The summed E-state index contributed by atoms with van der Waals surface area (Å²) in [6, 6.07) is 15.1. The van der Waals surface area contributed by atoms with Crippen molar-refractivity contribution in [2.45, 2.75) is 25.8 Å². The molecule has 0 saturated carbocycles. The first kappa shape index (κ1) is 25.2. The molecule has 0 aliphatic heterocycles. The van der Waals surface area contributed by atoms with Gasteiger partial charge in [-0.15, -0.1) is 0 Å². The lowest BCUT2D eigenvalue weighted by Gasteiger charge is -2.22. The highest BCUT2D eigenvalue weighted by molar-refractivity contribution is 5.89. The predicted molar refractivity (Wildman–Crippen MR) is 137 cm³/mol. The molecule has 0 aliphatic rings. The number of benzene rings is 3. The number of hydrogen-bond donors (Lipinski definition) is 2. The smallest absolute Gasteiger partial charge is 0.225 e. The first-order chi connectivity index (χ1) is 18.3. The number of H-pyrrole nitrogens is 1. The van der Waals surface area contributed by atoms with Crippen molar-refractivity contribution in [1.29, 1.82) is 0 Å². The summed E-state index contributed by atoms with van der Waals surface area (Å²) in [4.78, 5) is 20.8. The molecular formula is C30H23F4N3O. The fourth-order valence-electron chi connectivity index (χ4n) is 4.70. The zero-order chi connectivity index (χ0) is 26.8. The number of rotatable bonds is 7. The molecule has 0 radical (unpaired) electrons. The van der Waals surface area contributed by atoms with Crippen LogP contribution < -0.4 is 5.32 Å². The van der Waals surface area contributed by atoms with Gasteiger partial charge in [-0.3, -0.25) is 9.78 Å². The highest BCUT2D eigenvalue weighted by atomic mass is 19.2. The van der Waals surface area contributed by atoms with Gasteiger partial charge in [-0.05, 0) is 84.1 Å². The average Bonchev–Trinajstić information content (AvgIpc) is 3.26. The maximum absolute atomic E-state index is 14.2. The van der Waals surface area contributed by atoms with Gasteiger partial charge in [-0.2, -0.15) is 0 Å². The summed E-state index contributed by atoms with van der Waals surface area (Å²) in [5, 5.41) is 3.57. The van der Waals surface area contributed by atoms with Crippen molar-refractivity contribution in [3.63, 3.8) is 0 Å². The molecule has 0 saturated heterocycles. The van der Waals surface area contributed by atoms with E-state index in [2.05, 4.69) is 15.3 Å². The van der Waals surface area contributed by atoms with Gasteiger partial charge in [0.05, 0.1) is 18.2 Å². The topological polar surface area (TPSA) is 57.8 Å². The number of aryl methyl sites for hydroxylation is 1. The Balaban J connectivity index is 1.51. The lowest BCUT2D eigenvalue weighted by atomic mass is 9.94. The molecule has 0 aliphatic carbocycles. The van der Waals surface area contributed by atoms with E-state index in [9.17, 15) is 22.4 Å². The second-order valence-electron chi connectivity index (χ2n) is 9.21. The minimum absolute atomic E-state index is 0.0462. The Morgan fingerprint density at radius 3 is 2.58 bits per heavy atom. The number of aromatic nitrogens is 2. The second kappa shape index (κ2) is 10.5. The van der Waals surface area contributed by atoms with Gasteiger partial charge >= 0.3 is 0 Å². The molecular weight excluding hydrogens is 494 g/mol. The van der Waals surface area contributed by atoms with Crippen molar-refractivity contribution in [3.8, 4) is 11.1 Å². The molecule has 4 nitrogen and oxygen atoms in total. The molecule has 5 aromatic rings. The largest absolute Gasteiger partial charge is 0.361 e. The third-order valence-corrected chi connectivity index (χ3v) is 6.36. The van der Waals surface area contributed by atoms with Crippen LogP contribution in [0, 0.1) is 30.2 Å². The van der Waals surface area contributed by atoms with Crippen molar-refractivity contribution >= 4 is 16.8 Å². The highest BCUT2D eigenvalue weighted by Crippen LogP contribution is 2.30. The normalized spacial score (nSPS) is 12.0. The molecule has 0 unspecified atom stereocenters. The van der Waals surface area contributed by atoms with E-state index in [1.54, 1.807) is 31.3 Å². The highest BCUT2D eigenvalue weighted by Gasteiger charge is 2.22. The third kappa shape index (κ3) is 5.44. The number of fused-ring (bicyclic) bond motifs is 1. The minimum Gasteiger partial charge on any atom is -0.361 e. The maximum atomic E-state index is 14.2. The quantitative estimate of drug-likeness (QED) is 0.235. The SMILES string of the molecule is Cc1cc(F)cc(C[C@H](NC(=O)Cc2c[nH]c3ccc(F)cc23)c2ncccc2-c2ccc(F)c(F)c2)c1. The first-order valence-electron chi connectivity index (χ1n) is 12.0. The molecule has 2 heterocycles. The number of hydrogen-bond acceptors (Lipinski definition) is 2. The van der Waals surface area contributed by atoms with Gasteiger partial charge in [-0.25, -0.2) is 17.6 Å². The molecule has 1 amide bonds. The summed E-state index contributed by atoms with van der Waals surface area (Å²) in [5.41, 5.74) is 3.95. The van der Waals surface area contributed by atoms with Crippen LogP contribution in [-0.2, 0) is 17.6 Å². The van der Waals surface area contributed by atoms with Gasteiger partial charge in [0.2, 0.25) is 5.91 Å². The van der Waals surface area contributed by atoms with Crippen molar-refractivity contribution in [2.75, 3.05) is 0 Å². The molecule has 38 heavy (non-hydrogen) atoms. The number of pyridine rings is 1. The Kier molecular flexibility index (Phi) is 6.96. The van der Waals surface area contributed by atoms with Crippen LogP contribution in [-0.4, -0.2) is 15.9 Å². The Hall–Kier alpha value is -4.46. The summed E-state index contributed by atoms with van der Waals surface area (Å²) in [5.74, 6) is -3.18. The van der Waals surface area contributed by atoms with E-state index < -0.39 is 29.3 Å². The van der Waals surface area contributed by atoms with Gasteiger partial charge in [0.15, 0.2) is 11.6 Å². The van der Waals surface area contributed by atoms with Crippen LogP contribution in [0.15, 0.2) is 79.1 Å². The predicted octanol–water partition coefficient (Wildman–Crippen LogP) is 6.74. The van der Waals surface area contributed by atoms with Gasteiger partial charge in [-0.1, -0.05) is 18.2 Å². The van der Waals surface area contributed by atoms with Crippen molar-refractivity contribution in [2.24, 2.45) is 0 Å². The fourth-order valence-corrected chi connectivity index (χ4v) is 4.70. The van der Waals surface area contributed by atoms with E-state index >= 15 is 0 Å². The van der Waals surface area contributed by atoms with Gasteiger partial charge in [0.25, 0.3) is 0 Å². The maximum Gasteiger partial charge on any atom is 0.225 e. The van der Waals surface area contributed by atoms with Crippen LogP contribution in [0.3, 0.4) is 0 Å². The van der Waals surface area contributed by atoms with Crippen molar-refractivity contribution < 1.29 is 22.4 Å². The second-order valence-corrected chi connectivity index (χ2v) is 9.21. The van der Waals surface area contributed by atoms with E-state index in [4.69, 9.17) is 0 Å². The van der Waals surface area contributed by atoms with E-state index in [1.807, 2.05) is 6.07 Å². The lowest BCUT2D eigenvalue weighted by Crippen LogP contribution is -2.32. The number of aromatic amines is 1. The van der Waals surface area contributed by atoms with Gasteiger partial charge in [0, 0.05) is 28.9 Å². The number of nitrogens with zero attached hydrogens (tertiary/aromatic N) is 1.